The van der Waals surface area contributed by atoms with Gasteiger partial charge in [-0.1, -0.05) is 18.2 Å². The summed E-state index contributed by atoms with van der Waals surface area (Å²) >= 11 is 5.06. The molecule has 0 bridgehead atoms. The molecule has 1 N–H and O–H groups in total. The van der Waals surface area contributed by atoms with Crippen LogP contribution in [0, 0.1) is 0 Å². The second kappa shape index (κ2) is 4.94. The molecule has 0 heterocycles. The molecule has 0 spiro atoms. The third-order valence-electron chi connectivity index (χ3n) is 1.32. The quantitative estimate of drug-likeness (QED) is 0.810. The van der Waals surface area contributed by atoms with E-state index >= 15 is 0 Å². The summed E-state index contributed by atoms with van der Waals surface area (Å²) in [6.45, 7) is 0. The highest BCUT2D eigenvalue weighted by atomic mass is 32.8. The maximum absolute atomic E-state index is 10.8. The Morgan fingerprint density at radius 2 is 2.08 bits per heavy atom. The lowest BCUT2D eigenvalue weighted by molar-refractivity contribution is 0.178. The number of benzene rings is 1. The summed E-state index contributed by atoms with van der Waals surface area (Å²) < 4.78 is 6.96. The molecule has 0 saturated carbocycles. The van der Waals surface area contributed by atoms with E-state index in [1.54, 1.807) is 0 Å². The molecule has 0 fully saturated rings. The Morgan fingerprint density at radius 3 is 2.62 bits per heavy atom. The standard InChI is InChI=1S/C8H9NO2S2/c1-11-8(10)9-13(12)7-5-3-2-4-6-7/h2-6H,1H3,(H,9,10). The fraction of sp³-hybridized carbons (Fsp3) is 0.125. The fourth-order valence-corrected chi connectivity index (χ4v) is 2.01. The van der Waals surface area contributed by atoms with Gasteiger partial charge in [0.05, 0.1) is 7.11 Å². The lowest BCUT2D eigenvalue weighted by Gasteiger charge is -2.05. The average Bonchev–Trinajstić information content (AvgIpc) is 2.19. The number of methoxy groups -OCH3 is 1. The minimum Gasteiger partial charge on any atom is -0.452 e. The Hall–Kier alpha value is -0.940. The Balaban J connectivity index is 2.65. The van der Waals surface area contributed by atoms with Gasteiger partial charge in [0.25, 0.3) is 0 Å². The summed E-state index contributed by atoms with van der Waals surface area (Å²) in [5.41, 5.74) is 0. The Bertz CT molecular complexity index is 313. The van der Waals surface area contributed by atoms with E-state index in [1.807, 2.05) is 30.3 Å². The number of nitrogens with one attached hydrogen (secondary N) is 1. The van der Waals surface area contributed by atoms with Gasteiger partial charge in [-0.25, -0.2) is 4.79 Å². The molecule has 3 nitrogen and oxygen atoms in total. The number of amides is 1. The van der Waals surface area contributed by atoms with Gasteiger partial charge >= 0.3 is 6.09 Å². The van der Waals surface area contributed by atoms with Gasteiger partial charge in [0.15, 0.2) is 0 Å². The summed E-state index contributed by atoms with van der Waals surface area (Å²) in [5, 5.41) is 0. The monoisotopic (exact) mass is 215 g/mol. The highest BCUT2D eigenvalue weighted by Gasteiger charge is 2.02. The largest absolute Gasteiger partial charge is 0.452 e. The maximum Gasteiger partial charge on any atom is 0.417 e. The van der Waals surface area contributed by atoms with Crippen LogP contribution in [0.25, 0.3) is 0 Å². The number of rotatable bonds is 2. The van der Waals surface area contributed by atoms with Crippen molar-refractivity contribution in [2.75, 3.05) is 7.11 Å². The van der Waals surface area contributed by atoms with E-state index in [9.17, 15) is 4.79 Å². The van der Waals surface area contributed by atoms with Crippen molar-refractivity contribution in [3.05, 3.63) is 30.3 Å². The smallest absolute Gasteiger partial charge is 0.417 e. The van der Waals surface area contributed by atoms with Crippen LogP contribution < -0.4 is 4.72 Å². The molecule has 5 heteroatoms. The molecule has 70 valence electrons. The molecule has 0 aliphatic carbocycles. The second-order valence-electron chi connectivity index (χ2n) is 2.18. The molecule has 0 aliphatic rings. The average molecular weight is 215 g/mol. The molecule has 0 radical (unpaired) electrons. The SMILES string of the molecule is COC(=O)NS(=S)c1ccccc1. The summed E-state index contributed by atoms with van der Waals surface area (Å²) in [5.74, 6) is 0. The molecule has 1 aromatic rings. The first kappa shape index (κ1) is 10.1. The fourth-order valence-electron chi connectivity index (χ4n) is 0.720. The summed E-state index contributed by atoms with van der Waals surface area (Å²) in [7, 11) is 0.608. The van der Waals surface area contributed by atoms with Crippen molar-refractivity contribution in [2.24, 2.45) is 0 Å². The normalized spacial score (nSPS) is 11.8. The van der Waals surface area contributed by atoms with Gasteiger partial charge < -0.3 is 4.74 Å². The molecule has 1 amide bonds. The van der Waals surface area contributed by atoms with Crippen LogP contribution in [0.5, 0.6) is 0 Å². The first-order chi connectivity index (χ1) is 6.24. The third kappa shape index (κ3) is 3.12. The molecule has 13 heavy (non-hydrogen) atoms. The molecular weight excluding hydrogens is 206 g/mol. The van der Waals surface area contributed by atoms with Gasteiger partial charge in [-0.05, 0) is 23.3 Å². The zero-order chi connectivity index (χ0) is 9.68. The molecule has 0 aliphatic heterocycles. The molecule has 0 saturated heterocycles. The number of ether oxygens (including phenoxy) is 1. The van der Waals surface area contributed by atoms with Crippen LogP contribution in [0.1, 0.15) is 0 Å². The number of carbonyl (C=O) groups excluding carboxylic acids is 1. The number of hydrogen-bond donors (Lipinski definition) is 1. The van der Waals surface area contributed by atoms with Crippen molar-refractivity contribution >= 4 is 26.9 Å². The van der Waals surface area contributed by atoms with Crippen molar-refractivity contribution in [1.82, 2.24) is 4.72 Å². The first-order valence-electron chi connectivity index (χ1n) is 3.55. The molecule has 1 atom stereocenters. The topological polar surface area (TPSA) is 38.3 Å². The van der Waals surface area contributed by atoms with E-state index in [0.717, 1.165) is 4.90 Å². The van der Waals surface area contributed by atoms with Gasteiger partial charge in [0, 0.05) is 14.5 Å². The molecule has 1 unspecified atom stereocenters. The van der Waals surface area contributed by atoms with E-state index in [-0.39, 0.29) is 0 Å². The van der Waals surface area contributed by atoms with Gasteiger partial charge in [-0.3, -0.25) is 4.72 Å². The zero-order valence-corrected chi connectivity index (χ0v) is 8.65. The van der Waals surface area contributed by atoms with Crippen LogP contribution in [0.3, 0.4) is 0 Å². The zero-order valence-electron chi connectivity index (χ0n) is 7.02. The van der Waals surface area contributed by atoms with Gasteiger partial charge in [-0.2, -0.15) is 0 Å². The van der Waals surface area contributed by atoms with E-state index in [0.29, 0.717) is 0 Å². The lowest BCUT2D eigenvalue weighted by Crippen LogP contribution is -2.24. The maximum atomic E-state index is 10.8. The van der Waals surface area contributed by atoms with E-state index in [2.05, 4.69) is 9.46 Å². The Kier molecular flexibility index (Phi) is 3.85. The van der Waals surface area contributed by atoms with Crippen molar-refractivity contribution in [2.45, 2.75) is 4.90 Å². The van der Waals surface area contributed by atoms with E-state index in [1.165, 1.54) is 7.11 Å². The van der Waals surface area contributed by atoms with Crippen molar-refractivity contribution < 1.29 is 9.53 Å². The highest BCUT2D eigenvalue weighted by molar-refractivity contribution is 8.28. The van der Waals surface area contributed by atoms with Crippen LogP contribution in [0.4, 0.5) is 4.79 Å². The van der Waals surface area contributed by atoms with E-state index in [4.69, 9.17) is 11.2 Å². The van der Waals surface area contributed by atoms with Crippen LogP contribution in [0.15, 0.2) is 35.2 Å². The summed E-state index contributed by atoms with van der Waals surface area (Å²) in [6.07, 6.45) is -0.498. The highest BCUT2D eigenvalue weighted by Crippen LogP contribution is 2.03. The summed E-state index contributed by atoms with van der Waals surface area (Å²) in [4.78, 5) is 11.7. The molecule has 1 rings (SSSR count). The third-order valence-corrected chi connectivity index (χ3v) is 3.20. The van der Waals surface area contributed by atoms with Crippen LogP contribution in [0.2, 0.25) is 0 Å². The van der Waals surface area contributed by atoms with Crippen LogP contribution in [-0.2, 0) is 25.6 Å². The van der Waals surface area contributed by atoms with Gasteiger partial charge in [-0.15, -0.1) is 0 Å². The lowest BCUT2D eigenvalue weighted by atomic mass is 10.4. The Labute approximate surface area is 83.8 Å². The first-order valence-corrected chi connectivity index (χ1v) is 5.70. The summed E-state index contributed by atoms with van der Waals surface area (Å²) in [6, 6.07) is 9.38. The van der Waals surface area contributed by atoms with Crippen molar-refractivity contribution in [1.29, 1.82) is 0 Å². The van der Waals surface area contributed by atoms with E-state index < -0.39 is 15.7 Å². The second-order valence-corrected chi connectivity index (χ2v) is 4.39. The predicted octanol–water partition coefficient (Wildman–Crippen LogP) is 1.40. The van der Waals surface area contributed by atoms with Gasteiger partial charge in [0.1, 0.15) is 0 Å². The molecule has 0 aromatic heterocycles. The Morgan fingerprint density at radius 1 is 1.46 bits per heavy atom. The van der Waals surface area contributed by atoms with Gasteiger partial charge in [0.2, 0.25) is 0 Å². The van der Waals surface area contributed by atoms with Crippen molar-refractivity contribution in [3.8, 4) is 0 Å². The van der Waals surface area contributed by atoms with Crippen molar-refractivity contribution in [3.63, 3.8) is 0 Å². The van der Waals surface area contributed by atoms with Crippen LogP contribution in [-0.4, -0.2) is 13.2 Å². The number of carbonyl (C=O) groups is 1. The molecular formula is C8H9NO2S2. The van der Waals surface area contributed by atoms with Crippen LogP contribution >= 0.6 is 0 Å². The minimum atomic E-state index is -0.705. The predicted molar refractivity (Wildman–Crippen MR) is 55.0 cm³/mol. The number of hydrogen-bond acceptors (Lipinski definition) is 3. The molecule has 1 aromatic carbocycles. The minimum absolute atomic E-state index is 0.498.